The molecular weight excluding hydrogens is 158 g/mol. The van der Waals surface area contributed by atoms with E-state index in [2.05, 4.69) is 17.0 Å². The van der Waals surface area contributed by atoms with Gasteiger partial charge >= 0.3 is 5.97 Å². The minimum atomic E-state index is -0.336. The van der Waals surface area contributed by atoms with Crippen LogP contribution in [0.25, 0.3) is 0 Å². The lowest BCUT2D eigenvalue weighted by atomic mass is 10.3. The first-order valence-corrected chi connectivity index (χ1v) is 3.92. The van der Waals surface area contributed by atoms with Crippen LogP contribution in [0, 0.1) is 6.92 Å². The molecule has 0 fully saturated rings. The van der Waals surface area contributed by atoms with Gasteiger partial charge in [-0.2, -0.15) is 0 Å². The first-order valence-electron chi connectivity index (χ1n) is 3.92. The van der Waals surface area contributed by atoms with Gasteiger partial charge in [0.1, 0.15) is 0 Å². The molecule has 12 heavy (non-hydrogen) atoms. The molecule has 0 heterocycles. The number of esters is 1. The minimum Gasteiger partial charge on any atom is -0.466 e. The van der Waals surface area contributed by atoms with E-state index in [0.717, 1.165) is 0 Å². The summed E-state index contributed by atoms with van der Waals surface area (Å²) in [5.74, 6) is -0.505. The van der Waals surface area contributed by atoms with Crippen LogP contribution in [-0.4, -0.2) is 25.0 Å². The zero-order chi connectivity index (χ0) is 9.40. The first kappa shape index (κ1) is 10.9. The summed E-state index contributed by atoms with van der Waals surface area (Å²) in [6, 6.07) is 0. The van der Waals surface area contributed by atoms with Crippen LogP contribution in [-0.2, 0) is 14.3 Å². The van der Waals surface area contributed by atoms with Crippen molar-refractivity contribution in [1.82, 2.24) is 5.32 Å². The highest BCUT2D eigenvalue weighted by atomic mass is 16.5. The summed E-state index contributed by atoms with van der Waals surface area (Å²) in [6.45, 7) is 5.88. The molecule has 0 unspecified atom stereocenters. The number of hydrogen-bond acceptors (Lipinski definition) is 3. The Bertz CT molecular complexity index is 138. The Morgan fingerprint density at radius 3 is 2.58 bits per heavy atom. The standard InChI is InChI=1S/C8H14NO3/c1-3-9-7(10)5-6-8(11)12-4-2/h1,3-6H2,2H3,(H,9,10). The van der Waals surface area contributed by atoms with Gasteiger partial charge in [-0.3, -0.25) is 9.59 Å². The molecule has 0 spiro atoms. The van der Waals surface area contributed by atoms with E-state index in [1.165, 1.54) is 0 Å². The van der Waals surface area contributed by atoms with Gasteiger partial charge in [-0.25, -0.2) is 0 Å². The predicted molar refractivity (Wildman–Crippen MR) is 44.2 cm³/mol. The number of hydrogen-bond donors (Lipinski definition) is 1. The molecule has 0 aromatic heterocycles. The molecule has 0 saturated heterocycles. The summed E-state index contributed by atoms with van der Waals surface area (Å²) in [7, 11) is 0. The van der Waals surface area contributed by atoms with E-state index in [0.29, 0.717) is 13.2 Å². The second kappa shape index (κ2) is 6.64. The fourth-order valence-electron chi connectivity index (χ4n) is 0.677. The van der Waals surface area contributed by atoms with Crippen LogP contribution < -0.4 is 5.32 Å². The highest BCUT2D eigenvalue weighted by molar-refractivity contribution is 5.81. The van der Waals surface area contributed by atoms with Crippen LogP contribution in [0.15, 0.2) is 0 Å². The van der Waals surface area contributed by atoms with Crippen LogP contribution in [0.5, 0.6) is 0 Å². The van der Waals surface area contributed by atoms with Gasteiger partial charge in [0.05, 0.1) is 13.0 Å². The van der Waals surface area contributed by atoms with Crippen molar-refractivity contribution in [2.24, 2.45) is 0 Å². The molecular formula is C8H14NO3. The number of rotatable bonds is 5. The molecule has 1 radical (unpaired) electrons. The fourth-order valence-corrected chi connectivity index (χ4v) is 0.677. The predicted octanol–water partition coefficient (Wildman–Crippen LogP) is 0.280. The smallest absolute Gasteiger partial charge is 0.306 e. The van der Waals surface area contributed by atoms with Crippen molar-refractivity contribution in [3.05, 3.63) is 6.92 Å². The molecule has 1 N–H and O–H groups in total. The third kappa shape index (κ3) is 5.70. The Morgan fingerprint density at radius 2 is 2.08 bits per heavy atom. The van der Waals surface area contributed by atoms with E-state index in [1.807, 2.05) is 0 Å². The lowest BCUT2D eigenvalue weighted by Gasteiger charge is -2.01. The van der Waals surface area contributed by atoms with Gasteiger partial charge in [0, 0.05) is 13.0 Å². The van der Waals surface area contributed by atoms with Crippen molar-refractivity contribution in [3.63, 3.8) is 0 Å². The van der Waals surface area contributed by atoms with Crippen molar-refractivity contribution in [2.75, 3.05) is 13.2 Å². The monoisotopic (exact) mass is 172 g/mol. The van der Waals surface area contributed by atoms with Gasteiger partial charge in [0.2, 0.25) is 5.91 Å². The van der Waals surface area contributed by atoms with Crippen LogP contribution >= 0.6 is 0 Å². The maximum Gasteiger partial charge on any atom is 0.306 e. The molecule has 4 heteroatoms. The number of amides is 1. The van der Waals surface area contributed by atoms with Crippen molar-refractivity contribution in [2.45, 2.75) is 19.8 Å². The van der Waals surface area contributed by atoms with Gasteiger partial charge in [-0.1, -0.05) is 0 Å². The molecule has 0 atom stereocenters. The van der Waals surface area contributed by atoms with Crippen molar-refractivity contribution < 1.29 is 14.3 Å². The SMILES string of the molecule is [CH2]CNC(=O)CCC(=O)OCC. The second-order valence-corrected chi connectivity index (χ2v) is 2.15. The van der Waals surface area contributed by atoms with E-state index in [9.17, 15) is 9.59 Å². The van der Waals surface area contributed by atoms with Crippen LogP contribution in [0.2, 0.25) is 0 Å². The Labute approximate surface area is 72.3 Å². The van der Waals surface area contributed by atoms with Gasteiger partial charge < -0.3 is 10.1 Å². The van der Waals surface area contributed by atoms with Crippen molar-refractivity contribution >= 4 is 11.9 Å². The molecule has 4 nitrogen and oxygen atoms in total. The Balaban J connectivity index is 3.40. The number of nitrogens with one attached hydrogen (secondary N) is 1. The highest BCUT2D eigenvalue weighted by Crippen LogP contribution is 1.92. The minimum absolute atomic E-state index is 0.139. The zero-order valence-corrected chi connectivity index (χ0v) is 7.26. The van der Waals surface area contributed by atoms with Crippen molar-refractivity contribution in [3.8, 4) is 0 Å². The second-order valence-electron chi connectivity index (χ2n) is 2.15. The number of ether oxygens (including phenoxy) is 1. The molecule has 0 bridgehead atoms. The van der Waals surface area contributed by atoms with E-state index in [-0.39, 0.29) is 24.7 Å². The van der Waals surface area contributed by atoms with E-state index in [4.69, 9.17) is 0 Å². The maximum atomic E-state index is 10.8. The van der Waals surface area contributed by atoms with E-state index >= 15 is 0 Å². The average Bonchev–Trinajstić information content (AvgIpc) is 2.02. The molecule has 0 saturated carbocycles. The summed E-state index contributed by atoms with van der Waals surface area (Å²) in [5, 5.41) is 2.49. The Morgan fingerprint density at radius 1 is 1.42 bits per heavy atom. The topological polar surface area (TPSA) is 55.4 Å². The van der Waals surface area contributed by atoms with Gasteiger partial charge in [0.15, 0.2) is 0 Å². The molecule has 0 aliphatic heterocycles. The summed E-state index contributed by atoms with van der Waals surface area (Å²) in [4.78, 5) is 21.5. The zero-order valence-electron chi connectivity index (χ0n) is 7.26. The summed E-state index contributed by atoms with van der Waals surface area (Å²) < 4.78 is 4.64. The van der Waals surface area contributed by atoms with Crippen LogP contribution in [0.3, 0.4) is 0 Å². The quantitative estimate of drug-likeness (QED) is 0.606. The molecule has 0 aromatic rings. The highest BCUT2D eigenvalue weighted by Gasteiger charge is 2.05. The van der Waals surface area contributed by atoms with E-state index in [1.54, 1.807) is 6.92 Å². The largest absolute Gasteiger partial charge is 0.466 e. The molecule has 0 aliphatic carbocycles. The molecule has 0 rings (SSSR count). The van der Waals surface area contributed by atoms with E-state index < -0.39 is 0 Å². The number of carbonyl (C=O) groups excluding carboxylic acids is 2. The Hall–Kier alpha value is -1.06. The van der Waals surface area contributed by atoms with Crippen LogP contribution in [0.4, 0.5) is 0 Å². The lowest BCUT2D eigenvalue weighted by Crippen LogP contribution is -2.23. The molecule has 1 amide bonds. The van der Waals surface area contributed by atoms with Gasteiger partial charge in [-0.15, -0.1) is 0 Å². The number of carbonyl (C=O) groups is 2. The molecule has 69 valence electrons. The fraction of sp³-hybridized carbons (Fsp3) is 0.625. The third-order valence-electron chi connectivity index (χ3n) is 1.18. The summed E-state index contributed by atoms with van der Waals surface area (Å²) >= 11 is 0. The third-order valence-corrected chi connectivity index (χ3v) is 1.18. The normalized spacial score (nSPS) is 9.17. The van der Waals surface area contributed by atoms with Crippen LogP contribution in [0.1, 0.15) is 19.8 Å². The van der Waals surface area contributed by atoms with Gasteiger partial charge in [-0.05, 0) is 13.8 Å². The van der Waals surface area contributed by atoms with Crippen molar-refractivity contribution in [1.29, 1.82) is 0 Å². The molecule has 0 aromatic carbocycles. The van der Waals surface area contributed by atoms with Gasteiger partial charge in [0.25, 0.3) is 0 Å². The molecule has 0 aliphatic rings. The first-order chi connectivity index (χ1) is 5.70. The Kier molecular flexibility index (Phi) is 6.05. The average molecular weight is 172 g/mol. The maximum absolute atomic E-state index is 10.8. The summed E-state index contributed by atoms with van der Waals surface area (Å²) in [5.41, 5.74) is 0. The lowest BCUT2D eigenvalue weighted by molar-refractivity contribution is -0.144. The summed E-state index contributed by atoms with van der Waals surface area (Å²) in [6.07, 6.45) is 0.314.